The average Bonchev–Trinajstić information content (AvgIpc) is 2.54. The number of nitrogens with two attached hydrogens (primary N) is 1. The summed E-state index contributed by atoms with van der Waals surface area (Å²) >= 11 is 0. The lowest BCUT2D eigenvalue weighted by molar-refractivity contribution is -0.152. The molecule has 1 fully saturated rings. The number of aromatic nitrogens is 2. The van der Waals surface area contributed by atoms with Crippen molar-refractivity contribution in [3.05, 3.63) is 22.7 Å². The second-order valence-corrected chi connectivity index (χ2v) is 3.75. The molecule has 1 saturated heterocycles. The van der Waals surface area contributed by atoms with E-state index in [0.717, 1.165) is 11.5 Å². The molecular formula is C9H12FN3O4. The summed E-state index contributed by atoms with van der Waals surface area (Å²) in [7, 11) is 0. The molecule has 3 atom stereocenters. The molecule has 0 radical (unpaired) electrons. The van der Waals surface area contributed by atoms with Crippen molar-refractivity contribution in [3.8, 4) is 0 Å². The van der Waals surface area contributed by atoms with Crippen LogP contribution in [0.15, 0.2) is 17.1 Å². The van der Waals surface area contributed by atoms with E-state index in [2.05, 4.69) is 4.98 Å². The summed E-state index contributed by atoms with van der Waals surface area (Å²) in [5.41, 5.74) is 4.57. The molecule has 2 heterocycles. The minimum absolute atomic E-state index is 0.0319. The summed E-state index contributed by atoms with van der Waals surface area (Å²) in [6.45, 7) is 0.600. The Kier molecular flexibility index (Phi) is 2.86. The number of rotatable bonds is 2. The van der Waals surface area contributed by atoms with Gasteiger partial charge in [0.25, 0.3) is 5.85 Å². The molecule has 17 heavy (non-hydrogen) atoms. The van der Waals surface area contributed by atoms with Gasteiger partial charge < -0.3 is 20.3 Å². The van der Waals surface area contributed by atoms with E-state index in [9.17, 15) is 9.18 Å². The Labute approximate surface area is 95.6 Å². The predicted octanol–water partition coefficient (Wildman–Crippen LogP) is -0.625. The SMILES string of the molecule is C[C@@]1(F)OC(CO)OC1n1ccc(N)nc1=O. The van der Waals surface area contributed by atoms with Crippen LogP contribution in [0.25, 0.3) is 0 Å². The van der Waals surface area contributed by atoms with Crippen LogP contribution >= 0.6 is 0 Å². The van der Waals surface area contributed by atoms with Gasteiger partial charge in [0, 0.05) is 6.20 Å². The van der Waals surface area contributed by atoms with Gasteiger partial charge in [-0.15, -0.1) is 0 Å². The number of nitrogen functional groups attached to an aromatic ring is 1. The van der Waals surface area contributed by atoms with E-state index in [1.807, 2.05) is 0 Å². The molecule has 1 aliphatic heterocycles. The summed E-state index contributed by atoms with van der Waals surface area (Å²) in [5, 5.41) is 8.84. The summed E-state index contributed by atoms with van der Waals surface area (Å²) in [6, 6.07) is 1.34. The third-order valence-electron chi connectivity index (χ3n) is 2.34. The summed E-state index contributed by atoms with van der Waals surface area (Å²) in [5.74, 6) is -2.20. The molecule has 7 nitrogen and oxygen atoms in total. The number of aliphatic hydroxyl groups excluding tert-OH is 1. The van der Waals surface area contributed by atoms with Crippen LogP contribution in [-0.4, -0.2) is 33.4 Å². The summed E-state index contributed by atoms with van der Waals surface area (Å²) in [6.07, 6.45) is -1.16. The van der Waals surface area contributed by atoms with E-state index in [1.54, 1.807) is 0 Å². The molecular weight excluding hydrogens is 233 g/mol. The Morgan fingerprint density at radius 2 is 2.47 bits per heavy atom. The molecule has 0 amide bonds. The standard InChI is InChI=1S/C9H12FN3O4/c1-9(10)7(16-6(4-14)17-9)13-3-2-5(11)12-8(13)15/h2-3,6-7,14H,4H2,1H3,(H2,11,12,15)/t6?,7?,9-/m1/s1. The van der Waals surface area contributed by atoms with Crippen LogP contribution in [0.4, 0.5) is 10.2 Å². The number of halogens is 1. The molecule has 2 rings (SSSR count). The molecule has 0 saturated carbocycles. The molecule has 0 bridgehead atoms. The number of anilines is 1. The maximum Gasteiger partial charge on any atom is 0.351 e. The highest BCUT2D eigenvalue weighted by Gasteiger charge is 2.48. The van der Waals surface area contributed by atoms with Crippen LogP contribution in [0.1, 0.15) is 13.2 Å². The van der Waals surface area contributed by atoms with Gasteiger partial charge in [-0.2, -0.15) is 4.98 Å². The van der Waals surface area contributed by atoms with Crippen molar-refractivity contribution in [3.63, 3.8) is 0 Å². The third kappa shape index (κ3) is 2.14. The zero-order chi connectivity index (χ0) is 12.6. The lowest BCUT2D eigenvalue weighted by Crippen LogP contribution is -2.36. The largest absolute Gasteiger partial charge is 0.391 e. The second-order valence-electron chi connectivity index (χ2n) is 3.75. The fourth-order valence-electron chi connectivity index (χ4n) is 1.61. The molecule has 3 N–H and O–H groups in total. The third-order valence-corrected chi connectivity index (χ3v) is 2.34. The van der Waals surface area contributed by atoms with Crippen molar-refractivity contribution in [2.24, 2.45) is 0 Å². The smallest absolute Gasteiger partial charge is 0.351 e. The van der Waals surface area contributed by atoms with Crippen molar-refractivity contribution in [1.82, 2.24) is 9.55 Å². The highest BCUT2D eigenvalue weighted by atomic mass is 19.2. The maximum atomic E-state index is 14.0. The molecule has 1 aromatic rings. The fourth-order valence-corrected chi connectivity index (χ4v) is 1.61. The van der Waals surface area contributed by atoms with Gasteiger partial charge in [0.1, 0.15) is 5.82 Å². The van der Waals surface area contributed by atoms with Gasteiger partial charge >= 0.3 is 5.69 Å². The van der Waals surface area contributed by atoms with E-state index in [-0.39, 0.29) is 5.82 Å². The van der Waals surface area contributed by atoms with Crippen LogP contribution in [0.3, 0.4) is 0 Å². The number of hydrogen-bond donors (Lipinski definition) is 2. The van der Waals surface area contributed by atoms with Gasteiger partial charge in [0.2, 0.25) is 0 Å². The Balaban J connectivity index is 2.37. The zero-order valence-electron chi connectivity index (χ0n) is 9.04. The minimum atomic E-state index is -2.23. The highest BCUT2D eigenvalue weighted by Crippen LogP contribution is 2.37. The molecule has 0 spiro atoms. The average molecular weight is 245 g/mol. The Bertz CT molecular complexity index is 476. The van der Waals surface area contributed by atoms with Crippen molar-refractivity contribution in [2.45, 2.75) is 25.3 Å². The van der Waals surface area contributed by atoms with Gasteiger partial charge in [0.15, 0.2) is 12.5 Å². The monoisotopic (exact) mass is 245 g/mol. The van der Waals surface area contributed by atoms with E-state index in [4.69, 9.17) is 20.3 Å². The Hall–Kier alpha value is -1.51. The molecule has 8 heteroatoms. The van der Waals surface area contributed by atoms with E-state index >= 15 is 0 Å². The van der Waals surface area contributed by atoms with Crippen LogP contribution in [0.5, 0.6) is 0 Å². The summed E-state index contributed by atoms with van der Waals surface area (Å²) in [4.78, 5) is 15.0. The number of aliphatic hydroxyl groups is 1. The van der Waals surface area contributed by atoms with Crippen LogP contribution in [0.2, 0.25) is 0 Å². The molecule has 0 aromatic carbocycles. The topological polar surface area (TPSA) is 99.6 Å². The van der Waals surface area contributed by atoms with E-state index in [1.165, 1.54) is 12.3 Å². The molecule has 2 unspecified atom stereocenters. The predicted molar refractivity (Wildman–Crippen MR) is 54.5 cm³/mol. The first-order valence-corrected chi connectivity index (χ1v) is 4.92. The van der Waals surface area contributed by atoms with Gasteiger partial charge in [-0.1, -0.05) is 0 Å². The van der Waals surface area contributed by atoms with E-state index < -0.39 is 30.7 Å². The van der Waals surface area contributed by atoms with Gasteiger partial charge in [0.05, 0.1) is 6.61 Å². The molecule has 0 aliphatic carbocycles. The lowest BCUT2D eigenvalue weighted by atomic mass is 10.3. The summed E-state index contributed by atoms with van der Waals surface area (Å²) < 4.78 is 24.8. The van der Waals surface area contributed by atoms with Crippen LogP contribution < -0.4 is 11.4 Å². The minimum Gasteiger partial charge on any atom is -0.391 e. The fraction of sp³-hybridized carbons (Fsp3) is 0.556. The maximum absolute atomic E-state index is 14.0. The molecule has 94 valence electrons. The van der Waals surface area contributed by atoms with Crippen LogP contribution in [-0.2, 0) is 9.47 Å². The second kappa shape index (κ2) is 4.06. The van der Waals surface area contributed by atoms with E-state index in [0.29, 0.717) is 0 Å². The first kappa shape index (κ1) is 12.0. The van der Waals surface area contributed by atoms with Crippen molar-refractivity contribution in [1.29, 1.82) is 0 Å². The first-order chi connectivity index (χ1) is 7.94. The number of ether oxygens (including phenoxy) is 2. The van der Waals surface area contributed by atoms with Crippen molar-refractivity contribution in [2.75, 3.05) is 12.3 Å². The normalized spacial score (nSPS) is 32.9. The number of nitrogens with zero attached hydrogens (tertiary/aromatic N) is 2. The number of hydrogen-bond acceptors (Lipinski definition) is 6. The van der Waals surface area contributed by atoms with Crippen molar-refractivity contribution < 1.29 is 19.0 Å². The van der Waals surface area contributed by atoms with Crippen molar-refractivity contribution >= 4 is 5.82 Å². The first-order valence-electron chi connectivity index (χ1n) is 4.92. The lowest BCUT2D eigenvalue weighted by Gasteiger charge is -2.20. The Morgan fingerprint density at radius 1 is 1.76 bits per heavy atom. The van der Waals surface area contributed by atoms with Gasteiger partial charge in [-0.25, -0.2) is 9.18 Å². The number of alkyl halides is 1. The Morgan fingerprint density at radius 3 is 3.00 bits per heavy atom. The highest BCUT2D eigenvalue weighted by molar-refractivity contribution is 5.23. The molecule has 1 aliphatic rings. The van der Waals surface area contributed by atoms with Crippen LogP contribution in [0, 0.1) is 0 Å². The quantitative estimate of drug-likeness (QED) is 0.720. The zero-order valence-corrected chi connectivity index (χ0v) is 9.04. The van der Waals surface area contributed by atoms with Gasteiger partial charge in [-0.05, 0) is 13.0 Å². The van der Waals surface area contributed by atoms with Gasteiger partial charge in [-0.3, -0.25) is 4.57 Å². The molecule has 1 aromatic heterocycles.